The molecule has 0 radical (unpaired) electrons. The average Bonchev–Trinajstić information content (AvgIpc) is 3.44. The van der Waals surface area contributed by atoms with Gasteiger partial charge in [0.05, 0.1) is 6.04 Å². The van der Waals surface area contributed by atoms with E-state index in [0.29, 0.717) is 11.8 Å². The number of amides is 1. The molecule has 0 spiro atoms. The number of hydrogen-bond donors (Lipinski definition) is 0. The maximum Gasteiger partial charge on any atom is 0.254 e. The minimum atomic E-state index is 0.195. The van der Waals surface area contributed by atoms with Crippen LogP contribution in [0.15, 0.2) is 48.5 Å². The molecule has 0 bridgehead atoms. The predicted octanol–water partition coefficient (Wildman–Crippen LogP) is 4.99. The Morgan fingerprint density at radius 3 is 2.48 bits per heavy atom. The number of likely N-dealkylation sites (tertiary alicyclic amines) is 2. The quantitative estimate of drug-likeness (QED) is 0.739. The van der Waals surface area contributed by atoms with Crippen molar-refractivity contribution in [1.82, 2.24) is 9.80 Å². The second kappa shape index (κ2) is 7.60. The summed E-state index contributed by atoms with van der Waals surface area (Å²) in [5, 5.41) is 0. The third-order valence-electron chi connectivity index (χ3n) is 7.57. The number of hydrogen-bond acceptors (Lipinski definition) is 2. The van der Waals surface area contributed by atoms with Crippen LogP contribution in [0.2, 0.25) is 0 Å². The summed E-state index contributed by atoms with van der Waals surface area (Å²) in [6.45, 7) is 7.45. The summed E-state index contributed by atoms with van der Waals surface area (Å²) in [7, 11) is 0. The van der Waals surface area contributed by atoms with E-state index in [0.717, 1.165) is 36.8 Å². The second-order valence-corrected chi connectivity index (χ2v) is 9.44. The van der Waals surface area contributed by atoms with Gasteiger partial charge >= 0.3 is 0 Å². The van der Waals surface area contributed by atoms with E-state index in [1.165, 1.54) is 36.8 Å². The molecule has 1 saturated carbocycles. The Morgan fingerprint density at radius 1 is 0.931 bits per heavy atom. The van der Waals surface area contributed by atoms with E-state index in [-0.39, 0.29) is 11.9 Å². The van der Waals surface area contributed by atoms with Crippen LogP contribution >= 0.6 is 0 Å². The fourth-order valence-corrected chi connectivity index (χ4v) is 6.12. The van der Waals surface area contributed by atoms with Crippen molar-refractivity contribution in [3.8, 4) is 0 Å². The first kappa shape index (κ1) is 18.9. The Hall–Kier alpha value is -2.13. The molecule has 29 heavy (non-hydrogen) atoms. The highest BCUT2D eigenvalue weighted by atomic mass is 16.2. The largest absolute Gasteiger partial charge is 0.331 e. The van der Waals surface area contributed by atoms with Gasteiger partial charge in [0.2, 0.25) is 0 Å². The molecule has 0 N–H and O–H groups in total. The highest BCUT2D eigenvalue weighted by molar-refractivity contribution is 5.95. The van der Waals surface area contributed by atoms with Crippen LogP contribution in [0, 0.1) is 25.7 Å². The molecule has 2 saturated heterocycles. The van der Waals surface area contributed by atoms with Crippen LogP contribution < -0.4 is 0 Å². The van der Waals surface area contributed by atoms with Crippen molar-refractivity contribution in [3.63, 3.8) is 0 Å². The van der Waals surface area contributed by atoms with Crippen LogP contribution in [0.5, 0.6) is 0 Å². The molecular weight excluding hydrogens is 356 g/mol. The summed E-state index contributed by atoms with van der Waals surface area (Å²) in [6, 6.07) is 17.7. The van der Waals surface area contributed by atoms with Crippen LogP contribution in [-0.4, -0.2) is 41.4 Å². The maximum atomic E-state index is 13.6. The van der Waals surface area contributed by atoms with E-state index in [1.54, 1.807) is 0 Å². The molecule has 2 heterocycles. The number of rotatable bonds is 3. The molecule has 152 valence electrons. The first-order valence-corrected chi connectivity index (χ1v) is 11.3. The molecule has 3 fully saturated rings. The van der Waals surface area contributed by atoms with Gasteiger partial charge in [-0.3, -0.25) is 9.69 Å². The van der Waals surface area contributed by atoms with Crippen LogP contribution in [0.4, 0.5) is 0 Å². The van der Waals surface area contributed by atoms with Crippen LogP contribution in [0.3, 0.4) is 0 Å². The summed E-state index contributed by atoms with van der Waals surface area (Å²) in [5.41, 5.74) is 4.63. The number of fused-ring (bicyclic) bond motifs is 1. The smallest absolute Gasteiger partial charge is 0.254 e. The molecular formula is C26H32N2O. The average molecular weight is 389 g/mol. The van der Waals surface area contributed by atoms with E-state index >= 15 is 0 Å². The lowest BCUT2D eigenvalue weighted by Gasteiger charge is -2.32. The molecule has 5 rings (SSSR count). The summed E-state index contributed by atoms with van der Waals surface area (Å²) in [6.07, 6.45) is 5.49. The van der Waals surface area contributed by atoms with Crippen molar-refractivity contribution in [2.75, 3.05) is 19.6 Å². The summed E-state index contributed by atoms with van der Waals surface area (Å²) >= 11 is 0. The number of benzene rings is 2. The van der Waals surface area contributed by atoms with Gasteiger partial charge in [-0.1, -0.05) is 54.8 Å². The minimum Gasteiger partial charge on any atom is -0.331 e. The highest BCUT2D eigenvalue weighted by Crippen LogP contribution is 2.47. The van der Waals surface area contributed by atoms with Crippen molar-refractivity contribution in [3.05, 3.63) is 70.8 Å². The molecule has 1 amide bonds. The lowest BCUT2D eigenvalue weighted by molar-refractivity contribution is 0.0693. The summed E-state index contributed by atoms with van der Waals surface area (Å²) in [5.74, 6) is 1.34. The molecule has 2 aromatic rings. The predicted molar refractivity (Wildman–Crippen MR) is 117 cm³/mol. The Bertz CT molecular complexity index is 901. The minimum absolute atomic E-state index is 0.195. The van der Waals surface area contributed by atoms with Gasteiger partial charge < -0.3 is 4.90 Å². The first-order valence-electron chi connectivity index (χ1n) is 11.3. The second-order valence-electron chi connectivity index (χ2n) is 9.44. The van der Waals surface area contributed by atoms with Crippen LogP contribution in [0.1, 0.15) is 58.8 Å². The number of nitrogens with zero attached hydrogens (tertiary/aromatic N) is 2. The van der Waals surface area contributed by atoms with Gasteiger partial charge in [-0.25, -0.2) is 0 Å². The van der Waals surface area contributed by atoms with Gasteiger partial charge in [0.15, 0.2) is 0 Å². The van der Waals surface area contributed by atoms with Gasteiger partial charge in [-0.05, 0) is 55.9 Å². The lowest BCUT2D eigenvalue weighted by Crippen LogP contribution is -2.38. The molecule has 0 aromatic heterocycles. The Morgan fingerprint density at radius 2 is 1.72 bits per heavy atom. The highest BCUT2D eigenvalue weighted by Gasteiger charge is 2.50. The van der Waals surface area contributed by atoms with Crippen molar-refractivity contribution in [2.24, 2.45) is 11.8 Å². The fraction of sp³-hybridized carbons (Fsp3) is 0.500. The van der Waals surface area contributed by atoms with E-state index in [1.807, 2.05) is 18.2 Å². The number of carbonyl (C=O) groups is 1. The summed E-state index contributed by atoms with van der Waals surface area (Å²) in [4.78, 5) is 18.5. The first-order chi connectivity index (χ1) is 14.1. The molecule has 2 aromatic carbocycles. The molecule has 0 unspecified atom stereocenters. The number of carbonyl (C=O) groups excluding carboxylic acids is 1. The number of aryl methyl sites for hydroxylation is 2. The lowest BCUT2D eigenvalue weighted by atomic mass is 9.87. The van der Waals surface area contributed by atoms with Gasteiger partial charge in [0.25, 0.3) is 5.91 Å². The van der Waals surface area contributed by atoms with E-state index in [4.69, 9.17) is 0 Å². The standard InChI is InChI=1S/C26H32N2O/c1-18-8-7-10-20(14-18)26(29)28-16-21-15-27(22-11-4-5-12-22)17-24(21)25(28)23-13-6-3-9-19(23)2/h3,6-10,13-14,21-22,24-25H,4-5,11-12,15-17H2,1-2H3/t21-,24-,25-/m0/s1. The fourth-order valence-electron chi connectivity index (χ4n) is 6.12. The van der Waals surface area contributed by atoms with E-state index in [9.17, 15) is 4.79 Å². The monoisotopic (exact) mass is 388 g/mol. The molecule has 3 atom stereocenters. The Labute approximate surface area is 174 Å². The van der Waals surface area contributed by atoms with E-state index in [2.05, 4.69) is 54.0 Å². The SMILES string of the molecule is Cc1cccc(C(=O)N2C[C@@H]3CN(C4CCCC4)C[C@@H]3[C@@H]2c2ccccc2C)c1. The van der Waals surface area contributed by atoms with Crippen LogP contribution in [0.25, 0.3) is 0 Å². The topological polar surface area (TPSA) is 23.6 Å². The van der Waals surface area contributed by atoms with Gasteiger partial charge in [0, 0.05) is 37.2 Å². The van der Waals surface area contributed by atoms with Crippen molar-refractivity contribution in [1.29, 1.82) is 0 Å². The van der Waals surface area contributed by atoms with Crippen LogP contribution in [-0.2, 0) is 0 Å². The molecule has 1 aliphatic carbocycles. The Balaban J connectivity index is 1.47. The van der Waals surface area contributed by atoms with E-state index < -0.39 is 0 Å². The van der Waals surface area contributed by atoms with Gasteiger partial charge in [-0.2, -0.15) is 0 Å². The Kier molecular flexibility index (Phi) is 4.95. The molecule has 3 aliphatic rings. The zero-order chi connectivity index (χ0) is 20.0. The molecule has 2 aliphatic heterocycles. The maximum absolute atomic E-state index is 13.6. The van der Waals surface area contributed by atoms with Crippen molar-refractivity contribution >= 4 is 5.91 Å². The zero-order valence-corrected chi connectivity index (χ0v) is 17.7. The zero-order valence-electron chi connectivity index (χ0n) is 17.7. The van der Waals surface area contributed by atoms with Crippen molar-refractivity contribution in [2.45, 2.75) is 51.6 Å². The molecule has 3 heteroatoms. The normalized spacial score (nSPS) is 27.5. The van der Waals surface area contributed by atoms with Crippen molar-refractivity contribution < 1.29 is 4.79 Å². The molecule has 3 nitrogen and oxygen atoms in total. The van der Waals surface area contributed by atoms with Gasteiger partial charge in [-0.15, -0.1) is 0 Å². The third-order valence-corrected chi connectivity index (χ3v) is 7.57. The third kappa shape index (κ3) is 3.40. The summed E-state index contributed by atoms with van der Waals surface area (Å²) < 4.78 is 0. The van der Waals surface area contributed by atoms with Gasteiger partial charge in [0.1, 0.15) is 0 Å².